The summed E-state index contributed by atoms with van der Waals surface area (Å²) in [7, 11) is 0. The van der Waals surface area contributed by atoms with Crippen LogP contribution in [0.15, 0.2) is 0 Å². The number of hydrogen-bond donors (Lipinski definition) is 3. The number of piperidine rings is 1. The lowest BCUT2D eigenvalue weighted by atomic mass is 9.78. The first-order chi connectivity index (χ1) is 10.0. The van der Waals surface area contributed by atoms with Crippen molar-refractivity contribution in [3.05, 3.63) is 0 Å². The average molecular weight is 314 g/mol. The summed E-state index contributed by atoms with van der Waals surface area (Å²) >= 11 is 0. The third-order valence-electron chi connectivity index (χ3n) is 4.04. The Balaban J connectivity index is 3.13. The number of carbonyl (C=O) groups excluding carboxylic acids is 3. The molecule has 0 aromatic carbocycles. The zero-order chi connectivity index (χ0) is 17.2. The first kappa shape index (κ1) is 18.6. The quantitative estimate of drug-likeness (QED) is 0.512. The number of nitrogens with one attached hydrogen (secondary N) is 1. The van der Waals surface area contributed by atoms with Crippen LogP contribution in [0.5, 0.6) is 0 Å². The molecule has 0 saturated carbocycles. The van der Waals surface area contributed by atoms with E-state index in [0.29, 0.717) is 13.0 Å². The SMILES string of the molecule is CC(=O)C(N1CC(C)CC(C(O)C(=O)NO)C1=O)C(C)(C)C. The van der Waals surface area contributed by atoms with Gasteiger partial charge in [0.1, 0.15) is 6.10 Å². The van der Waals surface area contributed by atoms with E-state index < -0.39 is 35.3 Å². The summed E-state index contributed by atoms with van der Waals surface area (Å²) < 4.78 is 0. The van der Waals surface area contributed by atoms with E-state index >= 15 is 0 Å². The molecule has 1 heterocycles. The zero-order valence-electron chi connectivity index (χ0n) is 13.8. The Morgan fingerprint density at radius 1 is 1.36 bits per heavy atom. The van der Waals surface area contributed by atoms with Crippen molar-refractivity contribution >= 4 is 17.6 Å². The lowest BCUT2D eigenvalue weighted by Gasteiger charge is -2.45. The molecular formula is C15H26N2O5. The highest BCUT2D eigenvalue weighted by molar-refractivity contribution is 5.93. The molecule has 0 aliphatic carbocycles. The molecule has 2 amide bonds. The predicted molar refractivity (Wildman–Crippen MR) is 78.8 cm³/mol. The standard InChI is InChI=1S/C15H26N2O5/c1-8-6-10(11(19)13(20)16-22)14(21)17(7-8)12(9(2)18)15(3,4)5/h8,10-12,19,22H,6-7H2,1-5H3,(H,16,20). The van der Waals surface area contributed by atoms with E-state index in [1.54, 1.807) is 0 Å². The van der Waals surface area contributed by atoms with E-state index in [2.05, 4.69) is 0 Å². The van der Waals surface area contributed by atoms with Crippen LogP contribution in [0.3, 0.4) is 0 Å². The van der Waals surface area contributed by atoms with Gasteiger partial charge in [-0.05, 0) is 24.7 Å². The number of hydrogen-bond acceptors (Lipinski definition) is 5. The summed E-state index contributed by atoms with van der Waals surface area (Å²) in [6.07, 6.45) is -1.30. The fourth-order valence-electron chi connectivity index (χ4n) is 3.29. The maximum absolute atomic E-state index is 12.7. The van der Waals surface area contributed by atoms with Crippen LogP contribution in [0.25, 0.3) is 0 Å². The Morgan fingerprint density at radius 3 is 2.32 bits per heavy atom. The number of nitrogens with zero attached hydrogens (tertiary/aromatic N) is 1. The lowest BCUT2D eigenvalue weighted by Crippen LogP contribution is -2.59. The van der Waals surface area contributed by atoms with Gasteiger partial charge in [-0.3, -0.25) is 19.6 Å². The predicted octanol–water partition coefficient (Wildman–Crippen LogP) is 0.341. The molecule has 0 bridgehead atoms. The molecule has 1 saturated heterocycles. The summed E-state index contributed by atoms with van der Waals surface area (Å²) in [5.41, 5.74) is 0.917. The number of likely N-dealkylation sites (tertiary alicyclic amines) is 1. The molecule has 4 unspecified atom stereocenters. The molecule has 0 aromatic rings. The second kappa shape index (κ2) is 6.75. The van der Waals surface area contributed by atoms with E-state index in [9.17, 15) is 19.5 Å². The Labute approximate surface area is 130 Å². The fraction of sp³-hybridized carbons (Fsp3) is 0.800. The number of hydroxylamine groups is 1. The molecule has 1 aliphatic rings. The summed E-state index contributed by atoms with van der Waals surface area (Å²) in [4.78, 5) is 37.6. The molecular weight excluding hydrogens is 288 g/mol. The Bertz CT molecular complexity index is 457. The smallest absolute Gasteiger partial charge is 0.272 e. The van der Waals surface area contributed by atoms with Crippen molar-refractivity contribution in [2.75, 3.05) is 6.54 Å². The Hall–Kier alpha value is -1.47. The number of aliphatic hydroxyl groups is 1. The van der Waals surface area contributed by atoms with Crippen LogP contribution >= 0.6 is 0 Å². The molecule has 0 radical (unpaired) electrons. The summed E-state index contributed by atoms with van der Waals surface area (Å²) in [5.74, 6) is -2.49. The van der Waals surface area contributed by atoms with Crippen molar-refractivity contribution in [3.8, 4) is 0 Å². The topological polar surface area (TPSA) is 107 Å². The van der Waals surface area contributed by atoms with Crippen LogP contribution in [0.1, 0.15) is 41.0 Å². The molecule has 3 N–H and O–H groups in total. The fourth-order valence-corrected chi connectivity index (χ4v) is 3.29. The van der Waals surface area contributed by atoms with Gasteiger partial charge >= 0.3 is 0 Å². The van der Waals surface area contributed by atoms with Gasteiger partial charge in [0.25, 0.3) is 5.91 Å². The first-order valence-corrected chi connectivity index (χ1v) is 7.43. The van der Waals surface area contributed by atoms with Crippen LogP contribution < -0.4 is 5.48 Å². The molecule has 7 heteroatoms. The van der Waals surface area contributed by atoms with Crippen molar-refractivity contribution in [1.29, 1.82) is 0 Å². The van der Waals surface area contributed by atoms with E-state index in [1.807, 2.05) is 27.7 Å². The molecule has 1 rings (SSSR count). The number of rotatable bonds is 4. The first-order valence-electron chi connectivity index (χ1n) is 7.43. The Kier molecular flexibility index (Phi) is 5.70. The van der Waals surface area contributed by atoms with E-state index in [-0.39, 0.29) is 11.7 Å². The highest BCUT2D eigenvalue weighted by atomic mass is 16.5. The van der Waals surface area contributed by atoms with Gasteiger partial charge in [-0.1, -0.05) is 27.7 Å². The van der Waals surface area contributed by atoms with Crippen LogP contribution in [0.4, 0.5) is 0 Å². The number of Topliss-reactive ketones (excluding diaryl/α,β-unsaturated/α-hetero) is 1. The van der Waals surface area contributed by atoms with Crippen LogP contribution in [-0.2, 0) is 14.4 Å². The van der Waals surface area contributed by atoms with Gasteiger partial charge in [-0.15, -0.1) is 0 Å². The maximum Gasteiger partial charge on any atom is 0.272 e. The van der Waals surface area contributed by atoms with Gasteiger partial charge in [-0.25, -0.2) is 5.48 Å². The van der Waals surface area contributed by atoms with Gasteiger partial charge in [-0.2, -0.15) is 0 Å². The molecule has 22 heavy (non-hydrogen) atoms. The molecule has 126 valence electrons. The Morgan fingerprint density at radius 2 is 1.91 bits per heavy atom. The average Bonchev–Trinajstić information content (AvgIpc) is 2.38. The van der Waals surface area contributed by atoms with Crippen molar-refractivity contribution < 1.29 is 24.7 Å². The number of ketones is 1. The minimum atomic E-state index is -1.63. The molecule has 0 aromatic heterocycles. The zero-order valence-corrected chi connectivity index (χ0v) is 13.8. The van der Waals surface area contributed by atoms with Crippen LogP contribution in [-0.4, -0.2) is 51.5 Å². The minimum absolute atomic E-state index is 0.0352. The number of amides is 2. The highest BCUT2D eigenvalue weighted by Gasteiger charge is 2.45. The molecule has 4 atom stereocenters. The summed E-state index contributed by atoms with van der Waals surface area (Å²) in [6.45, 7) is 9.36. The van der Waals surface area contributed by atoms with E-state index in [0.717, 1.165) is 0 Å². The van der Waals surface area contributed by atoms with Crippen molar-refractivity contribution in [3.63, 3.8) is 0 Å². The van der Waals surface area contributed by atoms with Gasteiger partial charge < -0.3 is 10.0 Å². The van der Waals surface area contributed by atoms with Gasteiger partial charge in [0, 0.05) is 6.54 Å². The van der Waals surface area contributed by atoms with Crippen LogP contribution in [0, 0.1) is 17.3 Å². The van der Waals surface area contributed by atoms with E-state index in [4.69, 9.17) is 5.21 Å². The lowest BCUT2D eigenvalue weighted by molar-refractivity contribution is -0.160. The monoisotopic (exact) mass is 314 g/mol. The minimum Gasteiger partial charge on any atom is -0.382 e. The number of carbonyl (C=O) groups is 3. The van der Waals surface area contributed by atoms with Gasteiger partial charge in [0.05, 0.1) is 12.0 Å². The molecule has 0 spiro atoms. The highest BCUT2D eigenvalue weighted by Crippen LogP contribution is 2.33. The van der Waals surface area contributed by atoms with Gasteiger partial charge in [0.15, 0.2) is 5.78 Å². The third kappa shape index (κ3) is 3.84. The van der Waals surface area contributed by atoms with Gasteiger partial charge in [0.2, 0.25) is 5.91 Å². The second-order valence-electron chi connectivity index (χ2n) is 7.24. The molecule has 1 aliphatic heterocycles. The van der Waals surface area contributed by atoms with Crippen molar-refractivity contribution in [2.45, 2.75) is 53.2 Å². The van der Waals surface area contributed by atoms with Crippen molar-refractivity contribution in [2.24, 2.45) is 17.3 Å². The molecule has 1 fully saturated rings. The van der Waals surface area contributed by atoms with E-state index in [1.165, 1.54) is 17.3 Å². The second-order valence-corrected chi connectivity index (χ2v) is 7.24. The normalized spacial score (nSPS) is 25.6. The third-order valence-corrected chi connectivity index (χ3v) is 4.04. The number of aliphatic hydroxyl groups excluding tert-OH is 1. The molecule has 7 nitrogen and oxygen atoms in total. The van der Waals surface area contributed by atoms with Crippen LogP contribution in [0.2, 0.25) is 0 Å². The van der Waals surface area contributed by atoms with Crippen molar-refractivity contribution in [1.82, 2.24) is 10.4 Å². The maximum atomic E-state index is 12.7. The largest absolute Gasteiger partial charge is 0.382 e. The summed E-state index contributed by atoms with van der Waals surface area (Å²) in [5, 5.41) is 18.6. The summed E-state index contributed by atoms with van der Waals surface area (Å²) in [6, 6.07) is -0.616.